The number of nitrogens with one attached hydrogen (secondary N) is 1. The van der Waals surface area contributed by atoms with Crippen molar-refractivity contribution in [2.24, 2.45) is 0 Å². The first-order valence-electron chi connectivity index (χ1n) is 2.91. The molecular formula is C5H8N2O3S. The van der Waals surface area contributed by atoms with Crippen molar-refractivity contribution >= 4 is 10.0 Å². The maximum Gasteiger partial charge on any atom is 0.209 e. The standard InChI is InChI=1S/C5H8N2O3S/c1-11(8,9)7-3-5-2-6-10-4-5/h2,4,7H,3H2,1H3. The van der Waals surface area contributed by atoms with Crippen LogP contribution in [0.15, 0.2) is 17.0 Å². The van der Waals surface area contributed by atoms with Gasteiger partial charge in [-0.1, -0.05) is 5.16 Å². The van der Waals surface area contributed by atoms with E-state index >= 15 is 0 Å². The molecule has 0 aromatic carbocycles. The van der Waals surface area contributed by atoms with Crippen molar-refractivity contribution in [3.63, 3.8) is 0 Å². The van der Waals surface area contributed by atoms with Gasteiger partial charge in [0.05, 0.1) is 12.5 Å². The Morgan fingerprint density at radius 2 is 2.45 bits per heavy atom. The van der Waals surface area contributed by atoms with E-state index in [1.807, 2.05) is 0 Å². The van der Waals surface area contributed by atoms with Crippen LogP contribution >= 0.6 is 0 Å². The van der Waals surface area contributed by atoms with Crippen LogP contribution in [-0.4, -0.2) is 19.8 Å². The molecule has 0 radical (unpaired) electrons. The number of hydrogen-bond acceptors (Lipinski definition) is 4. The minimum atomic E-state index is -3.12. The summed E-state index contributed by atoms with van der Waals surface area (Å²) in [6.07, 6.45) is 3.94. The highest BCUT2D eigenvalue weighted by atomic mass is 32.2. The minimum absolute atomic E-state index is 0.225. The zero-order valence-electron chi connectivity index (χ0n) is 5.94. The molecule has 0 bridgehead atoms. The maximum atomic E-state index is 10.6. The lowest BCUT2D eigenvalue weighted by atomic mass is 10.4. The second-order valence-electron chi connectivity index (χ2n) is 2.13. The van der Waals surface area contributed by atoms with Gasteiger partial charge in [0, 0.05) is 12.1 Å². The Labute approximate surface area is 64.4 Å². The third kappa shape index (κ3) is 3.15. The van der Waals surface area contributed by atoms with Crippen molar-refractivity contribution in [3.8, 4) is 0 Å². The quantitative estimate of drug-likeness (QED) is 0.687. The summed E-state index contributed by atoms with van der Waals surface area (Å²) >= 11 is 0. The molecule has 1 heterocycles. The van der Waals surface area contributed by atoms with Crippen molar-refractivity contribution in [1.82, 2.24) is 9.88 Å². The third-order valence-electron chi connectivity index (χ3n) is 1.02. The largest absolute Gasteiger partial charge is 0.364 e. The van der Waals surface area contributed by atoms with E-state index in [2.05, 4.69) is 14.4 Å². The Morgan fingerprint density at radius 1 is 1.73 bits per heavy atom. The summed E-state index contributed by atoms with van der Waals surface area (Å²) in [5.41, 5.74) is 0.704. The maximum absolute atomic E-state index is 10.6. The second-order valence-corrected chi connectivity index (χ2v) is 3.96. The molecule has 0 aliphatic carbocycles. The summed E-state index contributed by atoms with van der Waals surface area (Å²) in [5.74, 6) is 0. The summed E-state index contributed by atoms with van der Waals surface area (Å²) < 4.78 is 27.9. The van der Waals surface area contributed by atoms with Gasteiger partial charge in [-0.2, -0.15) is 0 Å². The van der Waals surface area contributed by atoms with Crippen molar-refractivity contribution in [2.75, 3.05) is 6.26 Å². The van der Waals surface area contributed by atoms with Crippen LogP contribution < -0.4 is 4.72 Å². The van der Waals surface area contributed by atoms with Gasteiger partial charge in [0.1, 0.15) is 6.26 Å². The van der Waals surface area contributed by atoms with Crippen molar-refractivity contribution in [2.45, 2.75) is 6.54 Å². The van der Waals surface area contributed by atoms with Crippen LogP contribution in [0.5, 0.6) is 0 Å². The van der Waals surface area contributed by atoms with E-state index in [1.54, 1.807) is 0 Å². The van der Waals surface area contributed by atoms with E-state index in [0.29, 0.717) is 5.56 Å². The Balaban J connectivity index is 2.48. The predicted octanol–water partition coefficient (Wildman–Crippen LogP) is -0.276. The van der Waals surface area contributed by atoms with Crippen LogP contribution in [0.1, 0.15) is 5.56 Å². The third-order valence-corrected chi connectivity index (χ3v) is 1.69. The van der Waals surface area contributed by atoms with Crippen LogP contribution in [0.4, 0.5) is 0 Å². The number of rotatable bonds is 3. The van der Waals surface area contributed by atoms with E-state index < -0.39 is 10.0 Å². The van der Waals surface area contributed by atoms with Gasteiger partial charge >= 0.3 is 0 Å². The van der Waals surface area contributed by atoms with Crippen molar-refractivity contribution < 1.29 is 12.9 Å². The first-order valence-corrected chi connectivity index (χ1v) is 4.80. The molecule has 0 saturated carbocycles. The molecule has 1 aromatic rings. The average Bonchev–Trinajstić information content (AvgIpc) is 2.32. The molecule has 0 unspecified atom stereocenters. The fourth-order valence-corrected chi connectivity index (χ4v) is 0.957. The van der Waals surface area contributed by atoms with Crippen LogP contribution in [-0.2, 0) is 16.6 Å². The summed E-state index contributed by atoms with van der Waals surface area (Å²) in [5, 5.41) is 3.41. The molecule has 0 spiro atoms. The fraction of sp³-hybridized carbons (Fsp3) is 0.400. The van der Waals surface area contributed by atoms with E-state index in [9.17, 15) is 8.42 Å². The first kappa shape index (κ1) is 8.22. The topological polar surface area (TPSA) is 72.2 Å². The molecule has 62 valence electrons. The average molecular weight is 176 g/mol. The fourth-order valence-electron chi connectivity index (χ4n) is 0.528. The van der Waals surface area contributed by atoms with Crippen LogP contribution in [0.25, 0.3) is 0 Å². The molecule has 6 heteroatoms. The van der Waals surface area contributed by atoms with Gasteiger partial charge in [-0.25, -0.2) is 13.1 Å². The smallest absolute Gasteiger partial charge is 0.209 e. The SMILES string of the molecule is CS(=O)(=O)NCc1cnoc1. The highest BCUT2D eigenvalue weighted by molar-refractivity contribution is 7.88. The summed E-state index contributed by atoms with van der Waals surface area (Å²) in [4.78, 5) is 0. The minimum Gasteiger partial charge on any atom is -0.364 e. The summed E-state index contributed by atoms with van der Waals surface area (Å²) in [6.45, 7) is 0.225. The molecule has 5 nitrogen and oxygen atoms in total. The van der Waals surface area contributed by atoms with Crippen LogP contribution in [0.2, 0.25) is 0 Å². The van der Waals surface area contributed by atoms with E-state index in [1.165, 1.54) is 12.5 Å². The van der Waals surface area contributed by atoms with Gasteiger partial charge in [-0.05, 0) is 0 Å². The Hall–Kier alpha value is -0.880. The molecule has 0 aliphatic heterocycles. The van der Waals surface area contributed by atoms with Crippen molar-refractivity contribution in [3.05, 3.63) is 18.0 Å². The Bertz CT molecular complexity index is 302. The zero-order chi connectivity index (χ0) is 8.32. The Kier molecular flexibility index (Phi) is 2.25. The van der Waals surface area contributed by atoms with E-state index in [4.69, 9.17) is 0 Å². The molecule has 11 heavy (non-hydrogen) atoms. The normalized spacial score (nSPS) is 11.7. The lowest BCUT2D eigenvalue weighted by Gasteiger charge is -1.96. The van der Waals surface area contributed by atoms with Gasteiger partial charge in [-0.3, -0.25) is 0 Å². The lowest BCUT2D eigenvalue weighted by molar-refractivity contribution is 0.419. The lowest BCUT2D eigenvalue weighted by Crippen LogP contribution is -2.20. The molecule has 1 rings (SSSR count). The molecule has 0 atom stereocenters. The first-order chi connectivity index (χ1) is 5.08. The number of nitrogens with zero attached hydrogens (tertiary/aromatic N) is 1. The van der Waals surface area contributed by atoms with Crippen LogP contribution in [0.3, 0.4) is 0 Å². The Morgan fingerprint density at radius 3 is 2.91 bits per heavy atom. The highest BCUT2D eigenvalue weighted by Crippen LogP contribution is 1.95. The van der Waals surface area contributed by atoms with Gasteiger partial charge in [0.15, 0.2) is 0 Å². The summed E-state index contributed by atoms with van der Waals surface area (Å²) in [7, 11) is -3.12. The van der Waals surface area contributed by atoms with Gasteiger partial charge in [-0.15, -0.1) is 0 Å². The second kappa shape index (κ2) is 3.02. The molecule has 0 saturated heterocycles. The van der Waals surface area contributed by atoms with Gasteiger partial charge in [0.25, 0.3) is 0 Å². The molecule has 1 aromatic heterocycles. The molecule has 0 amide bonds. The molecule has 1 N–H and O–H groups in total. The van der Waals surface area contributed by atoms with Gasteiger partial charge in [0.2, 0.25) is 10.0 Å². The van der Waals surface area contributed by atoms with Crippen molar-refractivity contribution in [1.29, 1.82) is 0 Å². The molecule has 0 fully saturated rings. The van der Waals surface area contributed by atoms with Gasteiger partial charge < -0.3 is 4.52 Å². The predicted molar refractivity (Wildman–Crippen MR) is 38.2 cm³/mol. The van der Waals surface area contributed by atoms with E-state index in [-0.39, 0.29) is 6.54 Å². The number of hydrogen-bond donors (Lipinski definition) is 1. The highest BCUT2D eigenvalue weighted by Gasteiger charge is 2.01. The molecular weight excluding hydrogens is 168 g/mol. The molecule has 0 aliphatic rings. The number of sulfonamides is 1. The summed E-state index contributed by atoms with van der Waals surface area (Å²) in [6, 6.07) is 0. The van der Waals surface area contributed by atoms with Crippen LogP contribution in [0, 0.1) is 0 Å². The monoisotopic (exact) mass is 176 g/mol. The number of aromatic nitrogens is 1. The zero-order valence-corrected chi connectivity index (χ0v) is 6.76. The van der Waals surface area contributed by atoms with E-state index in [0.717, 1.165) is 6.26 Å².